The van der Waals surface area contributed by atoms with Crippen LogP contribution in [0.15, 0.2) is 18.5 Å². The van der Waals surface area contributed by atoms with Crippen molar-refractivity contribution in [2.75, 3.05) is 11.9 Å². The van der Waals surface area contributed by atoms with Gasteiger partial charge in [-0.25, -0.2) is 15.0 Å². The monoisotopic (exact) mass is 257 g/mol. The molecule has 2 aromatic heterocycles. The Bertz CT molecular complexity index is 571. The van der Waals surface area contributed by atoms with Gasteiger partial charge >= 0.3 is 0 Å². The summed E-state index contributed by atoms with van der Waals surface area (Å²) in [6.07, 6.45) is 7.26. The highest BCUT2D eigenvalue weighted by molar-refractivity contribution is 5.50. The van der Waals surface area contributed by atoms with Crippen LogP contribution in [0.4, 0.5) is 5.82 Å². The summed E-state index contributed by atoms with van der Waals surface area (Å²) in [6, 6.07) is 2.08. The fourth-order valence-electron chi connectivity index (χ4n) is 2.08. The summed E-state index contributed by atoms with van der Waals surface area (Å²) in [4.78, 5) is 13.6. The number of hydrogen-bond acceptors (Lipinski definition) is 4. The minimum Gasteiger partial charge on any atom is -0.370 e. The van der Waals surface area contributed by atoms with Gasteiger partial charge in [0.25, 0.3) is 0 Å². The van der Waals surface area contributed by atoms with E-state index in [2.05, 4.69) is 33.3 Å². The number of hydrogen-bond donors (Lipinski definition) is 1. The first-order chi connectivity index (χ1) is 9.28. The molecule has 1 N–H and O–H groups in total. The van der Waals surface area contributed by atoms with E-state index in [0.29, 0.717) is 5.92 Å². The second kappa shape index (κ2) is 4.99. The van der Waals surface area contributed by atoms with E-state index >= 15 is 0 Å². The maximum Gasteiger partial charge on any atom is 0.198 e. The zero-order chi connectivity index (χ0) is 13.2. The van der Waals surface area contributed by atoms with Crippen LogP contribution in [-0.4, -0.2) is 26.1 Å². The van der Waals surface area contributed by atoms with Crippen LogP contribution in [0.1, 0.15) is 37.8 Å². The third-order valence-electron chi connectivity index (χ3n) is 3.32. The summed E-state index contributed by atoms with van der Waals surface area (Å²) in [5.41, 5.74) is 1.15. The number of nitrogens with zero attached hydrogens (tertiary/aromatic N) is 4. The van der Waals surface area contributed by atoms with Gasteiger partial charge < -0.3 is 9.88 Å². The normalized spacial score (nSPS) is 14.6. The minimum atomic E-state index is 0.615. The summed E-state index contributed by atoms with van der Waals surface area (Å²) >= 11 is 0. The van der Waals surface area contributed by atoms with Crippen molar-refractivity contribution in [2.45, 2.75) is 32.1 Å². The van der Waals surface area contributed by atoms with Gasteiger partial charge in [0.2, 0.25) is 0 Å². The molecule has 5 nitrogen and oxygen atoms in total. The Hall–Kier alpha value is -1.91. The predicted molar refractivity (Wildman–Crippen MR) is 75.0 cm³/mol. The molecule has 0 aromatic carbocycles. The highest BCUT2D eigenvalue weighted by Gasteiger charge is 2.26. The average molecular weight is 257 g/mol. The maximum atomic E-state index is 4.67. The fourth-order valence-corrected chi connectivity index (χ4v) is 2.08. The molecule has 5 heteroatoms. The Morgan fingerprint density at radius 2 is 2.21 bits per heavy atom. The van der Waals surface area contributed by atoms with Gasteiger partial charge in [0.05, 0.1) is 0 Å². The van der Waals surface area contributed by atoms with Crippen molar-refractivity contribution >= 4 is 5.82 Å². The molecule has 0 atom stereocenters. The molecule has 1 aliphatic rings. The molecule has 3 rings (SSSR count). The predicted octanol–water partition coefficient (Wildman–Crippen LogP) is 2.58. The molecule has 0 bridgehead atoms. The van der Waals surface area contributed by atoms with Gasteiger partial charge in [0.1, 0.15) is 5.82 Å². The van der Waals surface area contributed by atoms with Crippen molar-refractivity contribution in [2.24, 2.45) is 7.05 Å². The van der Waals surface area contributed by atoms with E-state index in [-0.39, 0.29) is 0 Å². The highest BCUT2D eigenvalue weighted by atomic mass is 15.1. The van der Waals surface area contributed by atoms with Crippen LogP contribution >= 0.6 is 0 Å². The van der Waals surface area contributed by atoms with E-state index in [0.717, 1.165) is 36.1 Å². The van der Waals surface area contributed by atoms with E-state index in [1.165, 1.54) is 12.8 Å². The third kappa shape index (κ3) is 2.59. The lowest BCUT2D eigenvalue weighted by molar-refractivity contribution is 0.890. The van der Waals surface area contributed by atoms with Crippen molar-refractivity contribution in [3.8, 4) is 11.6 Å². The van der Waals surface area contributed by atoms with Crippen LogP contribution in [-0.2, 0) is 7.05 Å². The summed E-state index contributed by atoms with van der Waals surface area (Å²) in [5, 5.41) is 3.35. The Balaban J connectivity index is 1.98. The molecule has 2 aromatic rings. The topological polar surface area (TPSA) is 55.6 Å². The van der Waals surface area contributed by atoms with Crippen LogP contribution in [0.3, 0.4) is 0 Å². The van der Waals surface area contributed by atoms with Crippen molar-refractivity contribution in [1.29, 1.82) is 0 Å². The first kappa shape index (κ1) is 12.1. The molecule has 1 fully saturated rings. The molecule has 100 valence electrons. The summed E-state index contributed by atoms with van der Waals surface area (Å²) in [7, 11) is 1.97. The number of imidazole rings is 1. The number of nitrogens with one attached hydrogen (secondary N) is 1. The minimum absolute atomic E-state index is 0.615. The Morgan fingerprint density at radius 3 is 2.84 bits per heavy atom. The molecule has 0 unspecified atom stereocenters. The molecule has 0 amide bonds. The lowest BCUT2D eigenvalue weighted by Gasteiger charge is -2.09. The van der Waals surface area contributed by atoms with Gasteiger partial charge in [-0.1, -0.05) is 6.92 Å². The van der Waals surface area contributed by atoms with Crippen LogP contribution < -0.4 is 5.32 Å². The quantitative estimate of drug-likeness (QED) is 0.894. The van der Waals surface area contributed by atoms with E-state index in [1.807, 2.05) is 17.8 Å². The molecule has 19 heavy (non-hydrogen) atoms. The zero-order valence-electron chi connectivity index (χ0n) is 11.4. The molecule has 1 saturated carbocycles. The van der Waals surface area contributed by atoms with Crippen molar-refractivity contribution in [3.63, 3.8) is 0 Å². The molecule has 2 heterocycles. The molecule has 0 radical (unpaired) electrons. The molecular formula is C14H19N5. The molecule has 0 spiro atoms. The van der Waals surface area contributed by atoms with Crippen LogP contribution in [0.25, 0.3) is 11.6 Å². The van der Waals surface area contributed by atoms with Gasteiger partial charge in [-0.15, -0.1) is 0 Å². The second-order valence-corrected chi connectivity index (χ2v) is 5.06. The lowest BCUT2D eigenvalue weighted by Crippen LogP contribution is -2.06. The van der Waals surface area contributed by atoms with Crippen LogP contribution in [0.2, 0.25) is 0 Å². The van der Waals surface area contributed by atoms with Crippen LogP contribution in [0.5, 0.6) is 0 Å². The average Bonchev–Trinajstić information content (AvgIpc) is 3.18. The standard InChI is InChI=1S/C14H19N5/c1-3-6-15-12-9-11(10-4-5-10)17-13(18-12)14-16-7-8-19(14)2/h7-10H,3-6H2,1-2H3,(H,15,17,18). The van der Waals surface area contributed by atoms with Gasteiger partial charge in [0, 0.05) is 43.7 Å². The van der Waals surface area contributed by atoms with E-state index in [1.54, 1.807) is 6.20 Å². The summed E-state index contributed by atoms with van der Waals surface area (Å²) < 4.78 is 1.95. The molecule has 0 saturated heterocycles. The smallest absolute Gasteiger partial charge is 0.198 e. The van der Waals surface area contributed by atoms with E-state index in [9.17, 15) is 0 Å². The van der Waals surface area contributed by atoms with E-state index < -0.39 is 0 Å². The summed E-state index contributed by atoms with van der Waals surface area (Å²) in [6.45, 7) is 3.08. The van der Waals surface area contributed by atoms with Gasteiger partial charge in [-0.2, -0.15) is 0 Å². The van der Waals surface area contributed by atoms with Crippen molar-refractivity contribution in [3.05, 3.63) is 24.2 Å². The van der Waals surface area contributed by atoms with Gasteiger partial charge in [0.15, 0.2) is 11.6 Å². The van der Waals surface area contributed by atoms with E-state index in [4.69, 9.17) is 0 Å². The van der Waals surface area contributed by atoms with Gasteiger partial charge in [-0.05, 0) is 19.3 Å². The SMILES string of the molecule is CCCNc1cc(C2CC2)nc(-c2nccn2C)n1. The Kier molecular flexibility index (Phi) is 3.19. The zero-order valence-corrected chi connectivity index (χ0v) is 11.4. The number of anilines is 1. The largest absolute Gasteiger partial charge is 0.370 e. The first-order valence-corrected chi connectivity index (χ1v) is 6.88. The first-order valence-electron chi connectivity index (χ1n) is 6.88. The van der Waals surface area contributed by atoms with Crippen LogP contribution in [0, 0.1) is 0 Å². The number of rotatable bonds is 5. The lowest BCUT2D eigenvalue weighted by atomic mass is 10.2. The van der Waals surface area contributed by atoms with Crippen molar-refractivity contribution in [1.82, 2.24) is 19.5 Å². The molecule has 0 aliphatic heterocycles. The molecular weight excluding hydrogens is 238 g/mol. The second-order valence-electron chi connectivity index (χ2n) is 5.06. The molecule has 1 aliphatic carbocycles. The maximum absolute atomic E-state index is 4.67. The number of aromatic nitrogens is 4. The highest BCUT2D eigenvalue weighted by Crippen LogP contribution is 2.40. The number of aryl methyl sites for hydroxylation is 1. The Morgan fingerprint density at radius 1 is 1.37 bits per heavy atom. The third-order valence-corrected chi connectivity index (χ3v) is 3.32. The fraction of sp³-hybridized carbons (Fsp3) is 0.500. The van der Waals surface area contributed by atoms with Gasteiger partial charge in [-0.3, -0.25) is 0 Å². The summed E-state index contributed by atoms with van der Waals surface area (Å²) in [5.74, 6) is 3.07. The Labute approximate surface area is 113 Å². The van der Waals surface area contributed by atoms with Crippen molar-refractivity contribution < 1.29 is 0 Å².